The van der Waals surface area contributed by atoms with E-state index in [0.717, 1.165) is 19.8 Å². The van der Waals surface area contributed by atoms with E-state index in [1.807, 2.05) is 0 Å². The summed E-state index contributed by atoms with van der Waals surface area (Å²) in [6.45, 7) is 15.4. The Morgan fingerprint density at radius 2 is 1.38 bits per heavy atom. The van der Waals surface area contributed by atoms with Crippen LogP contribution < -0.4 is 12.4 Å². The predicted octanol–water partition coefficient (Wildman–Crippen LogP) is -1.10. The van der Waals surface area contributed by atoms with Gasteiger partial charge in [-0.2, -0.15) is 0 Å². The smallest absolute Gasteiger partial charge is 0.102 e. The molecule has 0 aliphatic heterocycles. The second kappa shape index (κ2) is 8.79. The lowest BCUT2D eigenvalue weighted by Crippen LogP contribution is -3.00. The van der Waals surface area contributed by atoms with Crippen LogP contribution in [-0.2, 0) is 4.74 Å². The fraction of sp³-hybridized carbons (Fsp3) is 1.00. The molecule has 0 atom stereocenters. The average molecular weight is 210 g/mol. The zero-order valence-corrected chi connectivity index (χ0v) is 10.2. The fourth-order valence-corrected chi connectivity index (χ4v) is 1.55. The van der Waals surface area contributed by atoms with Gasteiger partial charge in [-0.1, -0.05) is 0 Å². The van der Waals surface area contributed by atoms with Gasteiger partial charge in [-0.25, -0.2) is 0 Å². The van der Waals surface area contributed by atoms with Gasteiger partial charge in [0.25, 0.3) is 0 Å². The van der Waals surface area contributed by atoms with Gasteiger partial charge in [-0.3, -0.25) is 0 Å². The van der Waals surface area contributed by atoms with Crippen molar-refractivity contribution in [1.82, 2.24) is 0 Å². The van der Waals surface area contributed by atoms with Crippen molar-refractivity contribution < 1.29 is 21.6 Å². The highest BCUT2D eigenvalue weighted by Crippen LogP contribution is 2.04. The molecule has 0 aliphatic rings. The van der Waals surface area contributed by atoms with Gasteiger partial charge in [0.05, 0.1) is 26.2 Å². The van der Waals surface area contributed by atoms with Crippen LogP contribution >= 0.6 is 0 Å². The third-order valence-corrected chi connectivity index (χ3v) is 2.93. The molecule has 0 radical (unpaired) electrons. The molecule has 0 bridgehead atoms. The minimum absolute atomic E-state index is 0. The highest BCUT2D eigenvalue weighted by Gasteiger charge is 2.19. The molecule has 3 heteroatoms. The summed E-state index contributed by atoms with van der Waals surface area (Å²) in [6, 6.07) is 0. The van der Waals surface area contributed by atoms with Crippen LogP contribution in [0.2, 0.25) is 0 Å². The first-order chi connectivity index (χ1) is 5.74. The van der Waals surface area contributed by atoms with E-state index in [2.05, 4.69) is 27.7 Å². The maximum atomic E-state index is 5.38. The van der Waals surface area contributed by atoms with Crippen LogP contribution in [-0.4, -0.2) is 43.9 Å². The molecule has 0 saturated carbocycles. The number of quaternary nitrogens is 1. The van der Waals surface area contributed by atoms with Crippen LogP contribution in [0.15, 0.2) is 0 Å². The van der Waals surface area contributed by atoms with E-state index >= 15 is 0 Å². The van der Waals surface area contributed by atoms with Crippen LogP contribution in [0.3, 0.4) is 0 Å². The number of rotatable bonds is 7. The van der Waals surface area contributed by atoms with Crippen LogP contribution in [0.5, 0.6) is 0 Å². The molecule has 0 rings (SSSR count). The minimum Gasteiger partial charge on any atom is -1.00 e. The van der Waals surface area contributed by atoms with E-state index in [0.29, 0.717) is 0 Å². The molecular weight excluding hydrogens is 186 g/mol. The van der Waals surface area contributed by atoms with Crippen LogP contribution in [0.4, 0.5) is 0 Å². The lowest BCUT2D eigenvalue weighted by molar-refractivity contribution is -0.923. The molecule has 0 fully saturated rings. The summed E-state index contributed by atoms with van der Waals surface area (Å²) >= 11 is 0. The maximum absolute atomic E-state index is 5.38. The molecule has 0 aliphatic carbocycles. The summed E-state index contributed by atoms with van der Waals surface area (Å²) in [6.07, 6.45) is 0. The van der Waals surface area contributed by atoms with Crippen molar-refractivity contribution in [3.63, 3.8) is 0 Å². The first kappa shape index (κ1) is 15.7. The molecule has 0 aromatic heterocycles. The highest BCUT2D eigenvalue weighted by atomic mass is 35.5. The second-order valence-electron chi connectivity index (χ2n) is 3.21. The Hall–Kier alpha value is 0.210. The number of nitrogens with zero attached hydrogens (tertiary/aromatic N) is 1. The lowest BCUT2D eigenvalue weighted by Gasteiger charge is -2.35. The second-order valence-corrected chi connectivity index (χ2v) is 3.21. The molecule has 0 saturated heterocycles. The van der Waals surface area contributed by atoms with Gasteiger partial charge >= 0.3 is 0 Å². The highest BCUT2D eigenvalue weighted by molar-refractivity contribution is 4.37. The number of hydrogen-bond donors (Lipinski definition) is 0. The topological polar surface area (TPSA) is 9.23 Å². The molecule has 2 nitrogen and oxygen atoms in total. The number of hydrogen-bond acceptors (Lipinski definition) is 1. The van der Waals surface area contributed by atoms with Crippen LogP contribution in [0.1, 0.15) is 27.7 Å². The third-order valence-electron chi connectivity index (χ3n) is 2.93. The van der Waals surface area contributed by atoms with Gasteiger partial charge in [0.2, 0.25) is 0 Å². The predicted molar refractivity (Wildman–Crippen MR) is 53.2 cm³/mol. The normalized spacial score (nSPS) is 11.1. The number of ether oxygens (including phenoxy) is 1. The molecule has 13 heavy (non-hydrogen) atoms. The number of halogens is 1. The van der Waals surface area contributed by atoms with Crippen LogP contribution in [0, 0.1) is 0 Å². The van der Waals surface area contributed by atoms with Crippen molar-refractivity contribution in [1.29, 1.82) is 0 Å². The van der Waals surface area contributed by atoms with Gasteiger partial charge < -0.3 is 21.6 Å². The zero-order chi connectivity index (χ0) is 9.45. The van der Waals surface area contributed by atoms with Gasteiger partial charge in [0.15, 0.2) is 0 Å². The number of likely N-dealkylation sites (N-methyl/N-ethyl adjacent to an activating group) is 1. The molecule has 0 amide bonds. The summed E-state index contributed by atoms with van der Waals surface area (Å²) in [7, 11) is 0. The first-order valence-electron chi connectivity index (χ1n) is 5.17. The molecular formula is C10H24ClNO. The van der Waals surface area contributed by atoms with Crippen molar-refractivity contribution in [3.05, 3.63) is 0 Å². The van der Waals surface area contributed by atoms with E-state index in [1.165, 1.54) is 24.1 Å². The van der Waals surface area contributed by atoms with Crippen molar-refractivity contribution in [2.45, 2.75) is 27.7 Å². The molecule has 0 aromatic carbocycles. The molecule has 0 unspecified atom stereocenters. The Bertz CT molecular complexity index is 96.8. The standard InChI is InChI=1S/C10H24NO.ClH/c1-5-11(6-2,7-3)9-10-12-8-4;/h5-10H2,1-4H3;1H/q+1;/p-1. The van der Waals surface area contributed by atoms with Gasteiger partial charge in [-0.05, 0) is 27.7 Å². The summed E-state index contributed by atoms with van der Waals surface area (Å²) in [5.41, 5.74) is 0. The molecule has 0 aromatic rings. The summed E-state index contributed by atoms with van der Waals surface area (Å²) in [5.74, 6) is 0. The summed E-state index contributed by atoms with van der Waals surface area (Å²) in [5, 5.41) is 0. The van der Waals surface area contributed by atoms with Gasteiger partial charge in [-0.15, -0.1) is 0 Å². The minimum atomic E-state index is 0. The zero-order valence-electron chi connectivity index (χ0n) is 9.48. The van der Waals surface area contributed by atoms with Gasteiger partial charge in [0, 0.05) is 6.61 Å². The Morgan fingerprint density at radius 3 is 1.69 bits per heavy atom. The summed E-state index contributed by atoms with van der Waals surface area (Å²) in [4.78, 5) is 0. The van der Waals surface area contributed by atoms with E-state index in [-0.39, 0.29) is 12.4 Å². The lowest BCUT2D eigenvalue weighted by atomic mass is 10.3. The van der Waals surface area contributed by atoms with E-state index in [1.54, 1.807) is 0 Å². The largest absolute Gasteiger partial charge is 1.00 e. The monoisotopic (exact) mass is 209 g/mol. The van der Waals surface area contributed by atoms with E-state index in [4.69, 9.17) is 4.74 Å². The van der Waals surface area contributed by atoms with Crippen molar-refractivity contribution >= 4 is 0 Å². The fourth-order valence-electron chi connectivity index (χ4n) is 1.55. The quantitative estimate of drug-likeness (QED) is 0.382. The van der Waals surface area contributed by atoms with Crippen molar-refractivity contribution in [2.24, 2.45) is 0 Å². The van der Waals surface area contributed by atoms with Crippen molar-refractivity contribution in [2.75, 3.05) is 39.4 Å². The SMILES string of the molecule is CCOCC[N+](CC)(CC)CC.[Cl-]. The first-order valence-corrected chi connectivity index (χ1v) is 5.17. The van der Waals surface area contributed by atoms with Gasteiger partial charge in [0.1, 0.15) is 6.54 Å². The average Bonchev–Trinajstić information content (AvgIpc) is 2.14. The van der Waals surface area contributed by atoms with E-state index in [9.17, 15) is 0 Å². The Kier molecular flexibility index (Phi) is 10.6. The Balaban J connectivity index is 0. The summed E-state index contributed by atoms with van der Waals surface area (Å²) < 4.78 is 6.57. The third kappa shape index (κ3) is 5.50. The molecule has 0 heterocycles. The van der Waals surface area contributed by atoms with Crippen LogP contribution in [0.25, 0.3) is 0 Å². The molecule has 0 N–H and O–H groups in total. The van der Waals surface area contributed by atoms with Crippen molar-refractivity contribution in [3.8, 4) is 0 Å². The Morgan fingerprint density at radius 1 is 0.923 bits per heavy atom. The molecule has 0 spiro atoms. The Labute approximate surface area is 89.3 Å². The molecule has 82 valence electrons. The maximum Gasteiger partial charge on any atom is 0.102 e. The van der Waals surface area contributed by atoms with E-state index < -0.39 is 0 Å².